The minimum Gasteiger partial charge on any atom is -0.593 e. The van der Waals surface area contributed by atoms with E-state index in [0.717, 1.165) is 0 Å². The van der Waals surface area contributed by atoms with Gasteiger partial charge in [-0.25, -0.2) is 4.98 Å². The molecule has 1 aliphatic heterocycles. The summed E-state index contributed by atoms with van der Waals surface area (Å²) >= 11 is 0. The summed E-state index contributed by atoms with van der Waals surface area (Å²) in [6, 6.07) is 10.2. The summed E-state index contributed by atoms with van der Waals surface area (Å²) in [6.07, 6.45) is 1.18. The van der Waals surface area contributed by atoms with Crippen LogP contribution in [0.4, 0.5) is 0 Å². The lowest BCUT2D eigenvalue weighted by atomic mass is 9.91. The summed E-state index contributed by atoms with van der Waals surface area (Å²) in [5.41, 5.74) is 2.15. The highest BCUT2D eigenvalue weighted by molar-refractivity contribution is 7.95. The summed E-state index contributed by atoms with van der Waals surface area (Å²) < 4.78 is 32.6. The van der Waals surface area contributed by atoms with E-state index in [1.807, 2.05) is 0 Å². The molecule has 0 spiro atoms. The number of fused-ring (bicyclic) bond motifs is 1. The molecule has 8 nitrogen and oxygen atoms in total. The molecule has 4 rings (SSSR count). The van der Waals surface area contributed by atoms with Gasteiger partial charge in [-0.1, -0.05) is 27.6 Å². The van der Waals surface area contributed by atoms with Crippen LogP contribution in [0, 0.1) is 6.92 Å². The number of nitrogens with one attached hydrogen (secondary N) is 1. The van der Waals surface area contributed by atoms with Crippen molar-refractivity contribution in [3.8, 4) is 0 Å². The van der Waals surface area contributed by atoms with Crippen molar-refractivity contribution in [1.29, 1.82) is 0 Å². The fraction of sp³-hybridized carbons (Fsp3) is 0.350. The van der Waals surface area contributed by atoms with Crippen LogP contribution in [0.5, 0.6) is 0 Å². The molecule has 152 valence electrons. The highest BCUT2D eigenvalue weighted by atomic mass is 32.3. The summed E-state index contributed by atoms with van der Waals surface area (Å²) in [5, 5.41) is 7.45. The SMILES string of the molecule is CNC(=O)c1cc(C)nc2onc(C3CCN([S+](=O)([O-])c4ccccc4)CC3)c12. The number of aryl methyl sites for hydroxylation is 1. The van der Waals surface area contributed by atoms with E-state index < -0.39 is 10.4 Å². The van der Waals surface area contributed by atoms with Gasteiger partial charge in [0.05, 0.1) is 16.6 Å². The van der Waals surface area contributed by atoms with Crippen LogP contribution >= 0.6 is 0 Å². The fourth-order valence-corrected chi connectivity index (χ4v) is 5.29. The molecule has 29 heavy (non-hydrogen) atoms. The van der Waals surface area contributed by atoms with E-state index in [1.165, 1.54) is 4.31 Å². The van der Waals surface area contributed by atoms with Gasteiger partial charge >= 0.3 is 0 Å². The fourth-order valence-electron chi connectivity index (χ4n) is 3.80. The van der Waals surface area contributed by atoms with Gasteiger partial charge < -0.3 is 14.4 Å². The van der Waals surface area contributed by atoms with E-state index in [-0.39, 0.29) is 11.8 Å². The average Bonchev–Trinajstić information content (AvgIpc) is 3.17. The molecule has 1 fully saturated rings. The molecule has 1 unspecified atom stereocenters. The molecule has 3 aromatic rings. The van der Waals surface area contributed by atoms with Crippen LogP contribution in [0.15, 0.2) is 45.8 Å². The van der Waals surface area contributed by atoms with Crippen molar-refractivity contribution in [1.82, 2.24) is 19.8 Å². The van der Waals surface area contributed by atoms with Crippen LogP contribution in [0.2, 0.25) is 0 Å². The van der Waals surface area contributed by atoms with Crippen LogP contribution in [0.1, 0.15) is 40.5 Å². The van der Waals surface area contributed by atoms with E-state index >= 15 is 0 Å². The Bertz CT molecular complexity index is 1090. The zero-order valence-electron chi connectivity index (χ0n) is 16.3. The van der Waals surface area contributed by atoms with Crippen LogP contribution in [0.25, 0.3) is 11.1 Å². The van der Waals surface area contributed by atoms with Crippen molar-refractivity contribution >= 4 is 27.4 Å². The van der Waals surface area contributed by atoms with E-state index in [9.17, 15) is 13.6 Å². The molecule has 1 N–H and O–H groups in total. The quantitative estimate of drug-likeness (QED) is 0.657. The Labute approximate surface area is 169 Å². The Morgan fingerprint density at radius 3 is 2.62 bits per heavy atom. The average molecular weight is 414 g/mol. The van der Waals surface area contributed by atoms with Gasteiger partial charge in [0.15, 0.2) is 15.3 Å². The number of nitrogens with zero attached hydrogens (tertiary/aromatic N) is 3. The second-order valence-corrected chi connectivity index (χ2v) is 9.07. The van der Waals surface area contributed by atoms with Crippen LogP contribution in [-0.4, -0.2) is 45.0 Å². The Kier molecular flexibility index (Phi) is 5.20. The van der Waals surface area contributed by atoms with Crippen molar-refractivity contribution in [3.63, 3.8) is 0 Å². The van der Waals surface area contributed by atoms with Crippen molar-refractivity contribution in [2.75, 3.05) is 20.1 Å². The van der Waals surface area contributed by atoms with E-state index in [0.29, 0.717) is 58.9 Å². The number of carbonyl (C=O) groups excluding carboxylic acids is 1. The smallest absolute Gasteiger partial charge is 0.259 e. The van der Waals surface area contributed by atoms with Crippen molar-refractivity contribution in [3.05, 3.63) is 53.3 Å². The highest BCUT2D eigenvalue weighted by Gasteiger charge is 2.36. The molecule has 9 heteroatoms. The maximum absolute atomic E-state index is 12.8. The Balaban J connectivity index is 1.60. The number of pyridine rings is 1. The van der Waals surface area contributed by atoms with Crippen molar-refractivity contribution in [2.24, 2.45) is 0 Å². The van der Waals surface area contributed by atoms with Gasteiger partial charge in [-0.05, 0) is 38.0 Å². The minimum absolute atomic E-state index is 0.00798. The Morgan fingerprint density at radius 1 is 1.28 bits per heavy atom. The summed E-state index contributed by atoms with van der Waals surface area (Å²) in [7, 11) is -1.94. The number of hydrogen-bond donors (Lipinski definition) is 1. The number of carbonyl (C=O) groups is 1. The summed E-state index contributed by atoms with van der Waals surface area (Å²) in [5.74, 6) is -0.236. The Morgan fingerprint density at radius 2 is 1.97 bits per heavy atom. The predicted molar refractivity (Wildman–Crippen MR) is 107 cm³/mol. The van der Waals surface area contributed by atoms with E-state index in [4.69, 9.17) is 4.52 Å². The molecular formula is C20H22N4O4S. The monoisotopic (exact) mass is 414 g/mol. The molecule has 1 atom stereocenters. The van der Waals surface area contributed by atoms with Crippen LogP contribution < -0.4 is 5.32 Å². The molecular weight excluding hydrogens is 392 g/mol. The second kappa shape index (κ2) is 7.66. The normalized spacial score (nSPS) is 17.9. The zero-order chi connectivity index (χ0) is 20.6. The lowest BCUT2D eigenvalue weighted by Crippen LogP contribution is -2.41. The first kappa shape index (κ1) is 19.7. The number of rotatable bonds is 4. The van der Waals surface area contributed by atoms with Gasteiger partial charge in [0, 0.05) is 31.7 Å². The molecule has 0 saturated carbocycles. The number of piperidine rings is 1. The predicted octanol–water partition coefficient (Wildman–Crippen LogP) is 2.67. The number of benzene rings is 1. The molecule has 1 aromatic carbocycles. The van der Waals surface area contributed by atoms with Gasteiger partial charge in [-0.2, -0.15) is 0 Å². The summed E-state index contributed by atoms with van der Waals surface area (Å²) in [4.78, 5) is 17.0. The van der Waals surface area contributed by atoms with E-state index in [1.54, 1.807) is 50.4 Å². The van der Waals surface area contributed by atoms with Crippen molar-refractivity contribution < 1.29 is 18.1 Å². The first-order chi connectivity index (χ1) is 13.9. The number of sulfonamides is 1. The third-order valence-electron chi connectivity index (χ3n) is 5.29. The lowest BCUT2D eigenvalue weighted by Gasteiger charge is -2.33. The zero-order valence-corrected chi connectivity index (χ0v) is 17.1. The largest absolute Gasteiger partial charge is 0.593 e. The van der Waals surface area contributed by atoms with Gasteiger partial charge in [0.1, 0.15) is 0 Å². The standard InChI is InChI=1S/C20H22N4O4S/c1-13-12-16(19(25)21-2)17-18(23-28-20(17)22-13)14-8-10-24(11-9-14)29(26,27)15-6-4-3-5-7-15/h3-7,12,14H,8-11H2,1-2H3,(H-,21,25,26,27). The third-order valence-corrected chi connectivity index (χ3v) is 7.21. The number of hydrogen-bond acceptors (Lipinski definition) is 6. The van der Waals surface area contributed by atoms with Gasteiger partial charge in [0.25, 0.3) is 11.6 Å². The third kappa shape index (κ3) is 3.57. The first-order valence-corrected chi connectivity index (χ1v) is 10.9. The molecule has 2 aromatic heterocycles. The molecule has 3 heterocycles. The van der Waals surface area contributed by atoms with Gasteiger partial charge in [0.2, 0.25) is 0 Å². The maximum Gasteiger partial charge on any atom is 0.259 e. The Hall–Kier alpha value is -2.62. The van der Waals surface area contributed by atoms with E-state index in [2.05, 4.69) is 15.5 Å². The highest BCUT2D eigenvalue weighted by Crippen LogP contribution is 2.36. The molecule has 0 bridgehead atoms. The van der Waals surface area contributed by atoms with Gasteiger partial charge in [-0.15, -0.1) is 4.31 Å². The number of aromatic nitrogens is 2. The lowest BCUT2D eigenvalue weighted by molar-refractivity contribution is 0.0964. The summed E-state index contributed by atoms with van der Waals surface area (Å²) in [6.45, 7) is 2.55. The molecule has 1 amide bonds. The molecule has 1 saturated heterocycles. The number of amides is 1. The topological polar surface area (TPSA) is 111 Å². The molecule has 1 aliphatic rings. The minimum atomic E-state index is -3.51. The van der Waals surface area contributed by atoms with Crippen LogP contribution in [-0.2, 0) is 14.6 Å². The van der Waals surface area contributed by atoms with Gasteiger partial charge in [-0.3, -0.25) is 4.79 Å². The maximum atomic E-state index is 12.8. The van der Waals surface area contributed by atoms with Crippen LogP contribution in [0.3, 0.4) is 0 Å². The van der Waals surface area contributed by atoms with Crippen molar-refractivity contribution in [2.45, 2.75) is 30.6 Å². The second-order valence-electron chi connectivity index (χ2n) is 7.13. The first-order valence-electron chi connectivity index (χ1n) is 9.46. The molecule has 0 radical (unpaired) electrons. The molecule has 0 aliphatic carbocycles.